The molecule has 2 rings (SSSR count). The molecule has 1 aromatic carbocycles. The molecule has 0 aliphatic heterocycles. The molecule has 3 N–H and O–H groups in total. The van der Waals surface area contributed by atoms with Gasteiger partial charge in [-0.15, -0.1) is 12.4 Å². The third kappa shape index (κ3) is 2.23. The summed E-state index contributed by atoms with van der Waals surface area (Å²) in [6, 6.07) is 8.44. The van der Waals surface area contributed by atoms with Crippen molar-refractivity contribution in [2.24, 2.45) is 11.7 Å². The minimum Gasteiger partial charge on any atom is -0.361 e. The molecule has 0 saturated carbocycles. The lowest BCUT2D eigenvalue weighted by Crippen LogP contribution is -2.18. The van der Waals surface area contributed by atoms with Gasteiger partial charge < -0.3 is 10.7 Å². The van der Waals surface area contributed by atoms with Crippen LogP contribution in [-0.4, -0.2) is 4.98 Å². The van der Waals surface area contributed by atoms with E-state index in [1.165, 1.54) is 16.5 Å². The molecule has 2 nitrogen and oxygen atoms in total. The van der Waals surface area contributed by atoms with Gasteiger partial charge in [-0.3, -0.25) is 0 Å². The Morgan fingerprint density at radius 1 is 1.31 bits per heavy atom. The molecule has 16 heavy (non-hydrogen) atoms. The summed E-state index contributed by atoms with van der Waals surface area (Å²) in [7, 11) is 0. The number of aromatic amines is 1. The minimum absolute atomic E-state index is 0. The van der Waals surface area contributed by atoms with Gasteiger partial charge in [-0.05, 0) is 17.5 Å². The highest BCUT2D eigenvalue weighted by Gasteiger charge is 2.16. The summed E-state index contributed by atoms with van der Waals surface area (Å²) in [5, 5.41) is 1.25. The Kier molecular flexibility index (Phi) is 4.39. The van der Waals surface area contributed by atoms with Crippen LogP contribution in [0.5, 0.6) is 0 Å². The second-order valence-electron chi connectivity index (χ2n) is 4.20. The van der Waals surface area contributed by atoms with Gasteiger partial charge in [0.2, 0.25) is 0 Å². The summed E-state index contributed by atoms with van der Waals surface area (Å²) < 4.78 is 0. The standard InChI is InChI=1S/C13H18N2.ClH/c1-3-9(2)13(14)11-8-15-12-7-5-4-6-10(11)12;/h4-9,13,15H,3,14H2,1-2H3;1H/t9?,13-;/m1./s1. The summed E-state index contributed by atoms with van der Waals surface area (Å²) in [6.07, 6.45) is 3.15. The molecule has 88 valence electrons. The van der Waals surface area contributed by atoms with Crippen LogP contribution in [0.4, 0.5) is 0 Å². The van der Waals surface area contributed by atoms with E-state index in [2.05, 4.69) is 37.0 Å². The van der Waals surface area contributed by atoms with Crippen LogP contribution in [-0.2, 0) is 0 Å². The van der Waals surface area contributed by atoms with E-state index in [-0.39, 0.29) is 18.4 Å². The maximum atomic E-state index is 6.24. The van der Waals surface area contributed by atoms with Crippen LogP contribution in [0.25, 0.3) is 10.9 Å². The third-order valence-electron chi connectivity index (χ3n) is 3.24. The molecule has 0 saturated heterocycles. The van der Waals surface area contributed by atoms with Gasteiger partial charge in [-0.2, -0.15) is 0 Å². The van der Waals surface area contributed by atoms with Gasteiger partial charge in [-0.25, -0.2) is 0 Å². The Morgan fingerprint density at radius 2 is 2.00 bits per heavy atom. The molecule has 0 fully saturated rings. The highest BCUT2D eigenvalue weighted by atomic mass is 35.5. The van der Waals surface area contributed by atoms with Crippen LogP contribution in [0.1, 0.15) is 31.9 Å². The first-order chi connectivity index (χ1) is 7.24. The zero-order valence-electron chi connectivity index (χ0n) is 9.73. The minimum atomic E-state index is 0. The molecule has 1 unspecified atom stereocenters. The summed E-state index contributed by atoms with van der Waals surface area (Å²) in [6.45, 7) is 4.38. The summed E-state index contributed by atoms with van der Waals surface area (Å²) >= 11 is 0. The number of para-hydroxylation sites is 1. The monoisotopic (exact) mass is 238 g/mol. The van der Waals surface area contributed by atoms with Crippen LogP contribution in [0.2, 0.25) is 0 Å². The number of H-pyrrole nitrogens is 1. The van der Waals surface area contributed by atoms with E-state index in [1.54, 1.807) is 0 Å². The quantitative estimate of drug-likeness (QED) is 0.843. The van der Waals surface area contributed by atoms with E-state index in [1.807, 2.05) is 12.3 Å². The molecule has 1 heterocycles. The topological polar surface area (TPSA) is 41.8 Å². The van der Waals surface area contributed by atoms with E-state index in [9.17, 15) is 0 Å². The van der Waals surface area contributed by atoms with Gasteiger partial charge in [0, 0.05) is 23.1 Å². The molecule has 0 aliphatic carbocycles. The van der Waals surface area contributed by atoms with Crippen LogP contribution >= 0.6 is 12.4 Å². The predicted octanol–water partition coefficient (Wildman–Crippen LogP) is 3.64. The van der Waals surface area contributed by atoms with Crippen molar-refractivity contribution in [1.82, 2.24) is 4.98 Å². The fourth-order valence-electron chi connectivity index (χ4n) is 1.93. The number of aromatic nitrogens is 1. The van der Waals surface area contributed by atoms with Crippen molar-refractivity contribution in [3.05, 3.63) is 36.0 Å². The van der Waals surface area contributed by atoms with Crippen molar-refractivity contribution in [3.63, 3.8) is 0 Å². The third-order valence-corrected chi connectivity index (χ3v) is 3.24. The maximum absolute atomic E-state index is 6.24. The number of benzene rings is 1. The number of nitrogens with one attached hydrogen (secondary N) is 1. The van der Waals surface area contributed by atoms with Crippen molar-refractivity contribution in [2.75, 3.05) is 0 Å². The van der Waals surface area contributed by atoms with Gasteiger partial charge in [0.15, 0.2) is 0 Å². The van der Waals surface area contributed by atoms with Crippen molar-refractivity contribution in [1.29, 1.82) is 0 Å². The summed E-state index contributed by atoms with van der Waals surface area (Å²) in [4.78, 5) is 3.27. The van der Waals surface area contributed by atoms with E-state index < -0.39 is 0 Å². The van der Waals surface area contributed by atoms with Crippen molar-refractivity contribution in [2.45, 2.75) is 26.3 Å². The van der Waals surface area contributed by atoms with Crippen molar-refractivity contribution < 1.29 is 0 Å². The Bertz CT molecular complexity index is 450. The Labute approximate surface area is 103 Å². The molecular weight excluding hydrogens is 220 g/mol. The number of hydrogen-bond donors (Lipinski definition) is 2. The molecule has 0 amide bonds. The molecule has 0 spiro atoms. The first-order valence-electron chi connectivity index (χ1n) is 5.55. The highest BCUT2D eigenvalue weighted by Crippen LogP contribution is 2.28. The van der Waals surface area contributed by atoms with Crippen LogP contribution < -0.4 is 5.73 Å². The highest BCUT2D eigenvalue weighted by molar-refractivity contribution is 5.85. The lowest BCUT2D eigenvalue weighted by Gasteiger charge is -2.17. The van der Waals surface area contributed by atoms with Crippen LogP contribution in [0, 0.1) is 5.92 Å². The summed E-state index contributed by atoms with van der Waals surface area (Å²) in [5.41, 5.74) is 8.65. The molecule has 2 aromatic rings. The van der Waals surface area contributed by atoms with Crippen LogP contribution in [0.3, 0.4) is 0 Å². The molecule has 0 aliphatic rings. The van der Waals surface area contributed by atoms with Gasteiger partial charge in [0.05, 0.1) is 0 Å². The molecule has 2 atom stereocenters. The van der Waals surface area contributed by atoms with Crippen molar-refractivity contribution >= 4 is 23.3 Å². The molecule has 0 radical (unpaired) electrons. The SMILES string of the molecule is CCC(C)[C@@H](N)c1c[nH]c2ccccc12.Cl. The fraction of sp³-hybridized carbons (Fsp3) is 0.385. The van der Waals surface area contributed by atoms with Gasteiger partial charge in [0.25, 0.3) is 0 Å². The normalized spacial score (nSPS) is 14.4. The smallest absolute Gasteiger partial charge is 0.0457 e. The lowest BCUT2D eigenvalue weighted by molar-refractivity contribution is 0.459. The Hall–Kier alpha value is -0.990. The van der Waals surface area contributed by atoms with Gasteiger partial charge >= 0.3 is 0 Å². The average Bonchev–Trinajstić information content (AvgIpc) is 2.70. The zero-order chi connectivity index (χ0) is 10.8. The predicted molar refractivity (Wildman–Crippen MR) is 71.9 cm³/mol. The first kappa shape index (κ1) is 13.1. The Balaban J connectivity index is 0.00000128. The molecular formula is C13H19ClN2. The fourth-order valence-corrected chi connectivity index (χ4v) is 1.93. The second-order valence-corrected chi connectivity index (χ2v) is 4.20. The zero-order valence-corrected chi connectivity index (χ0v) is 10.6. The first-order valence-corrected chi connectivity index (χ1v) is 5.55. The number of fused-ring (bicyclic) bond motifs is 1. The molecule has 1 aromatic heterocycles. The number of nitrogens with two attached hydrogens (primary N) is 1. The number of hydrogen-bond acceptors (Lipinski definition) is 1. The van der Waals surface area contributed by atoms with E-state index in [0.717, 1.165) is 6.42 Å². The Morgan fingerprint density at radius 3 is 2.69 bits per heavy atom. The lowest BCUT2D eigenvalue weighted by atomic mass is 9.93. The maximum Gasteiger partial charge on any atom is 0.0457 e. The van der Waals surface area contributed by atoms with Crippen LogP contribution in [0.15, 0.2) is 30.5 Å². The largest absolute Gasteiger partial charge is 0.361 e. The van der Waals surface area contributed by atoms with E-state index in [0.29, 0.717) is 5.92 Å². The average molecular weight is 239 g/mol. The van der Waals surface area contributed by atoms with E-state index in [4.69, 9.17) is 5.73 Å². The molecule has 3 heteroatoms. The molecule has 0 bridgehead atoms. The number of halogens is 1. The van der Waals surface area contributed by atoms with Gasteiger partial charge in [-0.1, -0.05) is 38.5 Å². The van der Waals surface area contributed by atoms with E-state index >= 15 is 0 Å². The van der Waals surface area contributed by atoms with Crippen molar-refractivity contribution in [3.8, 4) is 0 Å². The van der Waals surface area contributed by atoms with Gasteiger partial charge in [0.1, 0.15) is 0 Å². The number of rotatable bonds is 3. The summed E-state index contributed by atoms with van der Waals surface area (Å²) in [5.74, 6) is 0.518. The second kappa shape index (κ2) is 5.37.